The van der Waals surface area contributed by atoms with Crippen molar-refractivity contribution < 1.29 is 4.79 Å². The van der Waals surface area contributed by atoms with Crippen molar-refractivity contribution in [1.29, 1.82) is 0 Å². The Kier molecular flexibility index (Phi) is 6.00. The Bertz CT molecular complexity index is 704. The van der Waals surface area contributed by atoms with Gasteiger partial charge < -0.3 is 5.32 Å². The van der Waals surface area contributed by atoms with Gasteiger partial charge >= 0.3 is 0 Å². The molecule has 0 aliphatic carbocycles. The molecule has 0 heterocycles. The summed E-state index contributed by atoms with van der Waals surface area (Å²) in [6.45, 7) is 6.25. The minimum Gasteiger partial charge on any atom is -0.346 e. The van der Waals surface area contributed by atoms with Crippen LogP contribution in [0.4, 0.5) is 0 Å². The Morgan fingerprint density at radius 3 is 2.43 bits per heavy atom. The molecule has 2 rings (SSSR count). The number of hydrogen-bond donors (Lipinski definition) is 1. The third-order valence-corrected chi connectivity index (χ3v) is 4.21. The van der Waals surface area contributed by atoms with Crippen LogP contribution in [0.15, 0.2) is 48.5 Å². The number of carbonyl (C=O) groups is 1. The van der Waals surface area contributed by atoms with Crippen LogP contribution in [0.3, 0.4) is 0 Å². The van der Waals surface area contributed by atoms with Gasteiger partial charge in [0, 0.05) is 11.1 Å². The molecule has 2 aromatic carbocycles. The van der Waals surface area contributed by atoms with E-state index in [1.165, 1.54) is 11.1 Å². The van der Waals surface area contributed by atoms with Crippen molar-refractivity contribution in [3.05, 3.63) is 75.8 Å². The first-order chi connectivity index (χ1) is 11.0. The van der Waals surface area contributed by atoms with Gasteiger partial charge in [-0.1, -0.05) is 48.9 Å². The van der Waals surface area contributed by atoms with E-state index in [4.69, 9.17) is 11.6 Å². The molecule has 0 fully saturated rings. The predicted molar refractivity (Wildman–Crippen MR) is 97.6 cm³/mol. The third kappa shape index (κ3) is 4.97. The van der Waals surface area contributed by atoms with Gasteiger partial charge in [0.2, 0.25) is 5.91 Å². The molecule has 23 heavy (non-hydrogen) atoms. The zero-order valence-electron chi connectivity index (χ0n) is 13.8. The first kappa shape index (κ1) is 17.3. The van der Waals surface area contributed by atoms with Gasteiger partial charge in [-0.2, -0.15) is 0 Å². The molecule has 0 spiro atoms. The summed E-state index contributed by atoms with van der Waals surface area (Å²) >= 11 is 5.85. The summed E-state index contributed by atoms with van der Waals surface area (Å²) in [7, 11) is 0. The van der Waals surface area contributed by atoms with Gasteiger partial charge in [-0.05, 0) is 60.7 Å². The van der Waals surface area contributed by atoms with Crippen LogP contribution < -0.4 is 5.32 Å². The van der Waals surface area contributed by atoms with Crippen molar-refractivity contribution in [2.75, 3.05) is 0 Å². The van der Waals surface area contributed by atoms with E-state index in [0.717, 1.165) is 17.5 Å². The molecule has 0 bridgehead atoms. The molecule has 1 amide bonds. The lowest BCUT2D eigenvalue weighted by Gasteiger charge is -2.17. The Labute approximate surface area is 143 Å². The highest BCUT2D eigenvalue weighted by Gasteiger charge is 2.11. The van der Waals surface area contributed by atoms with Gasteiger partial charge in [-0.15, -0.1) is 0 Å². The molecule has 1 N–H and O–H groups in total. The van der Waals surface area contributed by atoms with Crippen molar-refractivity contribution in [3.8, 4) is 0 Å². The maximum atomic E-state index is 12.2. The molecule has 0 aromatic heterocycles. The van der Waals surface area contributed by atoms with Crippen LogP contribution in [0.1, 0.15) is 41.6 Å². The lowest BCUT2D eigenvalue weighted by atomic mass is 9.99. The topological polar surface area (TPSA) is 29.1 Å². The average Bonchev–Trinajstić information content (AvgIpc) is 2.55. The standard InChI is InChI=1S/C20H22ClNO/c1-4-19(17-9-5-14(2)15(3)13-17)22-20(23)12-8-16-6-10-18(21)11-7-16/h5-13,19H,4H2,1-3H3,(H,22,23)/b12-8+. The van der Waals surface area contributed by atoms with E-state index in [1.54, 1.807) is 12.2 Å². The molecule has 0 radical (unpaired) electrons. The molecule has 0 saturated heterocycles. The van der Waals surface area contributed by atoms with E-state index in [9.17, 15) is 4.79 Å². The fourth-order valence-electron chi connectivity index (χ4n) is 2.37. The quantitative estimate of drug-likeness (QED) is 0.748. The molecule has 0 aliphatic heterocycles. The normalized spacial score (nSPS) is 12.3. The summed E-state index contributed by atoms with van der Waals surface area (Å²) in [6, 6.07) is 13.7. The van der Waals surface area contributed by atoms with Crippen molar-refractivity contribution in [2.24, 2.45) is 0 Å². The van der Waals surface area contributed by atoms with Gasteiger partial charge in [0.25, 0.3) is 0 Å². The molecular weight excluding hydrogens is 306 g/mol. The largest absolute Gasteiger partial charge is 0.346 e. The second-order valence-corrected chi connectivity index (χ2v) is 6.13. The fourth-order valence-corrected chi connectivity index (χ4v) is 2.49. The highest BCUT2D eigenvalue weighted by atomic mass is 35.5. The minimum atomic E-state index is -0.0926. The number of benzene rings is 2. The summed E-state index contributed by atoms with van der Waals surface area (Å²) in [4.78, 5) is 12.2. The summed E-state index contributed by atoms with van der Waals surface area (Å²) in [5.74, 6) is -0.0926. The van der Waals surface area contributed by atoms with E-state index in [0.29, 0.717) is 5.02 Å². The second-order valence-electron chi connectivity index (χ2n) is 5.70. The predicted octanol–water partition coefficient (Wildman–Crippen LogP) is 5.24. The van der Waals surface area contributed by atoms with Crippen LogP contribution >= 0.6 is 11.6 Å². The fraction of sp³-hybridized carbons (Fsp3) is 0.250. The number of aryl methyl sites for hydroxylation is 2. The summed E-state index contributed by atoms with van der Waals surface area (Å²) < 4.78 is 0. The van der Waals surface area contributed by atoms with E-state index in [-0.39, 0.29) is 11.9 Å². The van der Waals surface area contributed by atoms with Crippen LogP contribution in [-0.2, 0) is 4.79 Å². The first-order valence-corrected chi connectivity index (χ1v) is 8.18. The van der Waals surface area contributed by atoms with Crippen LogP contribution in [0.2, 0.25) is 5.02 Å². The minimum absolute atomic E-state index is 0.0247. The maximum Gasteiger partial charge on any atom is 0.244 e. The van der Waals surface area contributed by atoms with Crippen molar-refractivity contribution in [2.45, 2.75) is 33.2 Å². The van der Waals surface area contributed by atoms with Gasteiger partial charge in [-0.25, -0.2) is 0 Å². The molecule has 0 saturated carbocycles. The molecule has 2 aromatic rings. The number of amides is 1. The smallest absolute Gasteiger partial charge is 0.244 e. The van der Waals surface area contributed by atoms with Gasteiger partial charge in [-0.3, -0.25) is 4.79 Å². The molecule has 3 heteroatoms. The second kappa shape index (κ2) is 7.98. The zero-order valence-corrected chi connectivity index (χ0v) is 14.5. The highest BCUT2D eigenvalue weighted by molar-refractivity contribution is 6.30. The Balaban J connectivity index is 2.04. The number of halogens is 1. The Morgan fingerprint density at radius 2 is 1.83 bits per heavy atom. The third-order valence-electron chi connectivity index (χ3n) is 3.96. The average molecular weight is 328 g/mol. The van der Waals surface area contributed by atoms with Gasteiger partial charge in [0.15, 0.2) is 0 Å². The number of hydrogen-bond acceptors (Lipinski definition) is 1. The molecule has 1 unspecified atom stereocenters. The van der Waals surface area contributed by atoms with Crippen LogP contribution in [0, 0.1) is 13.8 Å². The lowest BCUT2D eigenvalue weighted by molar-refractivity contribution is -0.117. The lowest BCUT2D eigenvalue weighted by Crippen LogP contribution is -2.26. The van der Waals surface area contributed by atoms with Gasteiger partial charge in [0.1, 0.15) is 0 Å². The maximum absolute atomic E-state index is 12.2. The Morgan fingerprint density at radius 1 is 1.13 bits per heavy atom. The number of rotatable bonds is 5. The summed E-state index contributed by atoms with van der Waals surface area (Å²) in [5, 5.41) is 3.75. The van der Waals surface area contributed by atoms with Gasteiger partial charge in [0.05, 0.1) is 6.04 Å². The van der Waals surface area contributed by atoms with Crippen LogP contribution in [-0.4, -0.2) is 5.91 Å². The SMILES string of the molecule is CCC(NC(=O)/C=C/c1ccc(Cl)cc1)c1ccc(C)c(C)c1. The molecule has 0 aliphatic rings. The van der Waals surface area contributed by atoms with Crippen LogP contribution in [0.5, 0.6) is 0 Å². The molecular formula is C20H22ClNO. The monoisotopic (exact) mass is 327 g/mol. The van der Waals surface area contributed by atoms with Crippen molar-refractivity contribution >= 4 is 23.6 Å². The van der Waals surface area contributed by atoms with Crippen LogP contribution in [0.25, 0.3) is 6.08 Å². The summed E-state index contributed by atoms with van der Waals surface area (Å²) in [6.07, 6.45) is 4.20. The number of nitrogens with one attached hydrogen (secondary N) is 1. The van der Waals surface area contributed by atoms with Crippen molar-refractivity contribution in [3.63, 3.8) is 0 Å². The molecule has 120 valence electrons. The highest BCUT2D eigenvalue weighted by Crippen LogP contribution is 2.20. The van der Waals surface area contributed by atoms with Crippen molar-refractivity contribution in [1.82, 2.24) is 5.32 Å². The van der Waals surface area contributed by atoms with E-state index in [2.05, 4.69) is 44.3 Å². The molecule has 1 atom stereocenters. The van der Waals surface area contributed by atoms with E-state index >= 15 is 0 Å². The zero-order chi connectivity index (χ0) is 16.8. The van der Waals surface area contributed by atoms with E-state index in [1.807, 2.05) is 24.3 Å². The Hall–Kier alpha value is -2.06. The van der Waals surface area contributed by atoms with E-state index < -0.39 is 0 Å². The number of carbonyl (C=O) groups excluding carboxylic acids is 1. The summed E-state index contributed by atoms with van der Waals surface area (Å²) in [5.41, 5.74) is 4.59. The molecule has 2 nitrogen and oxygen atoms in total. The first-order valence-electron chi connectivity index (χ1n) is 7.81.